The Morgan fingerprint density at radius 3 is 2.93 bits per heavy atom. The highest BCUT2D eigenvalue weighted by molar-refractivity contribution is 5.76. The number of aliphatic hydroxyl groups excluding tert-OH is 1. The lowest BCUT2D eigenvalue weighted by molar-refractivity contribution is -0.122. The molecule has 4 heteroatoms. The van der Waals surface area contributed by atoms with Crippen molar-refractivity contribution in [3.8, 4) is 0 Å². The summed E-state index contributed by atoms with van der Waals surface area (Å²) in [5.74, 6) is 0.00764. The van der Waals surface area contributed by atoms with Crippen molar-refractivity contribution in [3.05, 3.63) is 0 Å². The molecule has 3 unspecified atom stereocenters. The van der Waals surface area contributed by atoms with Crippen LogP contribution in [-0.4, -0.2) is 35.9 Å². The number of carbonyl (C=O) groups excluding carboxylic acids is 1. The van der Waals surface area contributed by atoms with Gasteiger partial charge in [-0.2, -0.15) is 0 Å². The summed E-state index contributed by atoms with van der Waals surface area (Å²) in [6.45, 7) is 4.38. The molecular formula is C10H19NO3. The molecule has 14 heavy (non-hydrogen) atoms. The van der Waals surface area contributed by atoms with Crippen LogP contribution in [0.1, 0.15) is 33.1 Å². The number of rotatable bonds is 4. The molecule has 0 aliphatic carbocycles. The number of hydrogen-bond donors (Lipinski definition) is 2. The number of carbonyl (C=O) groups is 1. The third-order valence-corrected chi connectivity index (χ3v) is 2.51. The predicted molar refractivity (Wildman–Crippen MR) is 52.9 cm³/mol. The van der Waals surface area contributed by atoms with E-state index in [-0.39, 0.29) is 18.1 Å². The SMILES string of the molecule is CC(O)CCC(=O)NC1CCOC1C. The first-order chi connectivity index (χ1) is 6.59. The van der Waals surface area contributed by atoms with Crippen LogP contribution in [0.15, 0.2) is 0 Å². The molecule has 0 radical (unpaired) electrons. The zero-order chi connectivity index (χ0) is 10.6. The fourth-order valence-electron chi connectivity index (χ4n) is 1.54. The van der Waals surface area contributed by atoms with Crippen LogP contribution in [0.2, 0.25) is 0 Å². The molecule has 0 aromatic carbocycles. The quantitative estimate of drug-likeness (QED) is 0.694. The average molecular weight is 201 g/mol. The van der Waals surface area contributed by atoms with Crippen LogP contribution in [0, 0.1) is 0 Å². The first-order valence-corrected chi connectivity index (χ1v) is 5.18. The van der Waals surface area contributed by atoms with Gasteiger partial charge in [0, 0.05) is 13.0 Å². The van der Waals surface area contributed by atoms with Crippen LogP contribution >= 0.6 is 0 Å². The summed E-state index contributed by atoms with van der Waals surface area (Å²) in [5, 5.41) is 11.9. The van der Waals surface area contributed by atoms with Crippen LogP contribution in [-0.2, 0) is 9.53 Å². The second-order valence-electron chi connectivity index (χ2n) is 3.93. The Bertz CT molecular complexity index is 194. The highest BCUT2D eigenvalue weighted by Gasteiger charge is 2.25. The Kier molecular flexibility index (Phi) is 4.35. The van der Waals surface area contributed by atoms with Crippen molar-refractivity contribution in [2.75, 3.05) is 6.61 Å². The maximum Gasteiger partial charge on any atom is 0.220 e. The van der Waals surface area contributed by atoms with Crippen LogP contribution in [0.5, 0.6) is 0 Å². The van der Waals surface area contributed by atoms with E-state index in [2.05, 4.69) is 5.32 Å². The third-order valence-electron chi connectivity index (χ3n) is 2.51. The molecule has 1 fully saturated rings. The molecule has 1 heterocycles. The standard InChI is InChI=1S/C10H19NO3/c1-7(12)3-4-10(13)11-9-5-6-14-8(9)2/h7-9,12H,3-6H2,1-2H3,(H,11,13). The van der Waals surface area contributed by atoms with E-state index < -0.39 is 6.10 Å². The van der Waals surface area contributed by atoms with Crippen molar-refractivity contribution >= 4 is 5.91 Å². The second kappa shape index (κ2) is 5.32. The summed E-state index contributed by atoms with van der Waals surface area (Å²) in [5.41, 5.74) is 0. The van der Waals surface area contributed by atoms with Gasteiger partial charge in [0.1, 0.15) is 0 Å². The Morgan fingerprint density at radius 1 is 1.71 bits per heavy atom. The zero-order valence-corrected chi connectivity index (χ0v) is 8.82. The van der Waals surface area contributed by atoms with Crippen molar-refractivity contribution in [2.45, 2.75) is 51.4 Å². The zero-order valence-electron chi connectivity index (χ0n) is 8.82. The van der Waals surface area contributed by atoms with E-state index in [1.54, 1.807) is 6.92 Å². The van der Waals surface area contributed by atoms with Gasteiger partial charge in [-0.15, -0.1) is 0 Å². The second-order valence-corrected chi connectivity index (χ2v) is 3.93. The number of nitrogens with one attached hydrogen (secondary N) is 1. The maximum atomic E-state index is 11.4. The average Bonchev–Trinajstić information content (AvgIpc) is 2.49. The van der Waals surface area contributed by atoms with Gasteiger partial charge in [0.25, 0.3) is 0 Å². The maximum absolute atomic E-state index is 11.4. The Labute approximate surface area is 84.6 Å². The summed E-state index contributed by atoms with van der Waals surface area (Å²) in [7, 11) is 0. The largest absolute Gasteiger partial charge is 0.393 e. The Morgan fingerprint density at radius 2 is 2.43 bits per heavy atom. The van der Waals surface area contributed by atoms with Gasteiger partial charge in [-0.3, -0.25) is 4.79 Å². The van der Waals surface area contributed by atoms with Crippen molar-refractivity contribution in [2.24, 2.45) is 0 Å². The highest BCUT2D eigenvalue weighted by Crippen LogP contribution is 2.12. The van der Waals surface area contributed by atoms with Gasteiger partial charge >= 0.3 is 0 Å². The van der Waals surface area contributed by atoms with Gasteiger partial charge in [-0.05, 0) is 26.7 Å². The van der Waals surface area contributed by atoms with Gasteiger partial charge in [0.15, 0.2) is 0 Å². The summed E-state index contributed by atoms with van der Waals surface area (Å²) in [6, 6.07) is 0.150. The lowest BCUT2D eigenvalue weighted by Crippen LogP contribution is -2.39. The monoisotopic (exact) mass is 201 g/mol. The lowest BCUT2D eigenvalue weighted by atomic mass is 10.1. The number of aliphatic hydroxyl groups is 1. The minimum absolute atomic E-state index is 0.00764. The molecule has 0 aromatic rings. The lowest BCUT2D eigenvalue weighted by Gasteiger charge is -2.16. The molecule has 0 aromatic heterocycles. The van der Waals surface area contributed by atoms with Crippen molar-refractivity contribution in [3.63, 3.8) is 0 Å². The van der Waals surface area contributed by atoms with E-state index in [4.69, 9.17) is 9.84 Å². The van der Waals surface area contributed by atoms with Gasteiger partial charge in [-0.1, -0.05) is 0 Å². The smallest absolute Gasteiger partial charge is 0.220 e. The molecule has 3 atom stereocenters. The minimum Gasteiger partial charge on any atom is -0.393 e. The molecule has 0 saturated carbocycles. The number of amides is 1. The van der Waals surface area contributed by atoms with Crippen molar-refractivity contribution in [1.29, 1.82) is 0 Å². The molecule has 1 aliphatic heterocycles. The molecule has 2 N–H and O–H groups in total. The normalized spacial score (nSPS) is 28.8. The van der Waals surface area contributed by atoms with E-state index in [1.807, 2.05) is 6.92 Å². The number of hydrogen-bond acceptors (Lipinski definition) is 3. The minimum atomic E-state index is -0.405. The molecule has 1 rings (SSSR count). The van der Waals surface area contributed by atoms with Crippen LogP contribution < -0.4 is 5.32 Å². The first kappa shape index (κ1) is 11.5. The van der Waals surface area contributed by atoms with Crippen LogP contribution in [0.25, 0.3) is 0 Å². The highest BCUT2D eigenvalue weighted by atomic mass is 16.5. The third kappa shape index (κ3) is 3.64. The fraction of sp³-hybridized carbons (Fsp3) is 0.900. The van der Waals surface area contributed by atoms with Gasteiger partial charge in [0.2, 0.25) is 5.91 Å². The van der Waals surface area contributed by atoms with Gasteiger partial charge in [-0.25, -0.2) is 0 Å². The molecule has 1 amide bonds. The Balaban J connectivity index is 2.19. The molecule has 4 nitrogen and oxygen atoms in total. The van der Waals surface area contributed by atoms with Gasteiger partial charge < -0.3 is 15.2 Å². The summed E-state index contributed by atoms with van der Waals surface area (Å²) >= 11 is 0. The molecule has 0 spiro atoms. The first-order valence-electron chi connectivity index (χ1n) is 5.18. The predicted octanol–water partition coefficient (Wildman–Crippen LogP) is 0.441. The van der Waals surface area contributed by atoms with Crippen LogP contribution in [0.3, 0.4) is 0 Å². The summed E-state index contributed by atoms with van der Waals surface area (Å²) in [6.07, 6.45) is 1.51. The molecule has 1 saturated heterocycles. The topological polar surface area (TPSA) is 58.6 Å². The van der Waals surface area contributed by atoms with E-state index >= 15 is 0 Å². The van der Waals surface area contributed by atoms with E-state index in [0.717, 1.165) is 13.0 Å². The van der Waals surface area contributed by atoms with Crippen molar-refractivity contribution < 1.29 is 14.6 Å². The Hall–Kier alpha value is -0.610. The summed E-state index contributed by atoms with van der Waals surface area (Å²) < 4.78 is 5.33. The molecule has 1 aliphatic rings. The molecular weight excluding hydrogens is 182 g/mol. The summed E-state index contributed by atoms with van der Waals surface area (Å²) in [4.78, 5) is 11.4. The molecule has 82 valence electrons. The van der Waals surface area contributed by atoms with E-state index in [1.165, 1.54) is 0 Å². The fourth-order valence-corrected chi connectivity index (χ4v) is 1.54. The van der Waals surface area contributed by atoms with Crippen molar-refractivity contribution in [1.82, 2.24) is 5.32 Å². The van der Waals surface area contributed by atoms with Gasteiger partial charge in [0.05, 0.1) is 18.2 Å². The number of ether oxygens (including phenoxy) is 1. The van der Waals surface area contributed by atoms with E-state index in [0.29, 0.717) is 12.8 Å². The molecule has 0 bridgehead atoms. The van der Waals surface area contributed by atoms with Crippen LogP contribution in [0.4, 0.5) is 0 Å². The van der Waals surface area contributed by atoms with E-state index in [9.17, 15) is 4.79 Å².